The third kappa shape index (κ3) is 10.0. The number of carbonyl (C=O) groups excluding carboxylic acids is 3. The zero-order chi connectivity index (χ0) is 44.6. The first-order chi connectivity index (χ1) is 28.5. The van der Waals surface area contributed by atoms with Crippen molar-refractivity contribution < 1.29 is 59.4 Å². The van der Waals surface area contributed by atoms with Crippen molar-refractivity contribution in [3.63, 3.8) is 0 Å². The van der Waals surface area contributed by atoms with Crippen molar-refractivity contribution >= 4 is 89.8 Å². The highest BCUT2D eigenvalue weighted by atomic mass is 32.2. The Morgan fingerprint density at radius 3 is 1.53 bits per heavy atom. The second-order valence-corrected chi connectivity index (χ2v) is 18.1. The number of nitrogens with two attached hydrogens (primary N) is 3. The molecule has 330 valence electrons. The minimum atomic E-state index is -1.79. The Hall–Kier alpha value is -4.42. The summed E-state index contributed by atoms with van der Waals surface area (Å²) in [6, 6.07) is -3.01. The lowest BCUT2D eigenvalue weighted by molar-refractivity contribution is -0.156. The number of Topliss-reactive ketones (excluding diaryl/α,β-unsaturated/α-hetero) is 1. The number of aliphatic imine (C=N–C) groups is 3. The Labute approximate surface area is 358 Å². The van der Waals surface area contributed by atoms with Gasteiger partial charge in [-0.2, -0.15) is 0 Å². The third-order valence-corrected chi connectivity index (χ3v) is 14.2. The second-order valence-electron chi connectivity index (χ2n) is 14.5. The first-order valence-corrected chi connectivity index (χ1v) is 22.0. The van der Waals surface area contributed by atoms with E-state index in [4.69, 9.17) is 17.2 Å². The van der Waals surface area contributed by atoms with Gasteiger partial charge in [0, 0.05) is 51.4 Å². The molecule has 20 nitrogen and oxygen atoms in total. The first kappa shape index (κ1) is 48.2. The molecule has 60 heavy (non-hydrogen) atoms. The number of thioether (sulfide) groups is 3. The summed E-state index contributed by atoms with van der Waals surface area (Å²) in [7, 11) is 0. The van der Waals surface area contributed by atoms with Gasteiger partial charge < -0.3 is 52.7 Å². The molecule has 2 heterocycles. The molecular weight excluding hydrogens is 845 g/mol. The van der Waals surface area contributed by atoms with E-state index in [2.05, 4.69) is 15.0 Å². The van der Waals surface area contributed by atoms with Crippen LogP contribution in [0.4, 0.5) is 0 Å². The van der Waals surface area contributed by atoms with Gasteiger partial charge in [-0.3, -0.25) is 39.1 Å². The van der Waals surface area contributed by atoms with Gasteiger partial charge >= 0.3 is 17.9 Å². The van der Waals surface area contributed by atoms with Crippen molar-refractivity contribution in [2.45, 2.75) is 70.4 Å². The summed E-state index contributed by atoms with van der Waals surface area (Å²) in [4.78, 5) is 97.2. The monoisotopic (exact) mass is 896 g/mol. The SMILES string of the molecule is CC(O)C1C(=O)C2C(C(=O)N3C(C(=O)O)=C(SCCN=CN)CC3C(C(=O)N3C(C(=O)O)=C(SCCN=CN)CC3C(C(=O)O)C(C)O)C(C)O)=C(SCCN=CN)CC21. The zero-order valence-corrected chi connectivity index (χ0v) is 35.6. The van der Waals surface area contributed by atoms with Crippen LogP contribution in [0.3, 0.4) is 0 Å². The highest BCUT2D eigenvalue weighted by Crippen LogP contribution is 2.56. The number of hydrogen-bond donors (Lipinski definition) is 9. The molecule has 2 aliphatic carbocycles. The van der Waals surface area contributed by atoms with Crippen molar-refractivity contribution in [3.05, 3.63) is 31.7 Å². The van der Waals surface area contributed by atoms with Gasteiger partial charge in [-0.15, -0.1) is 35.3 Å². The maximum atomic E-state index is 15.2. The van der Waals surface area contributed by atoms with Gasteiger partial charge in [0.25, 0.3) is 5.91 Å². The number of hydrogen-bond acceptors (Lipinski definition) is 15. The number of aliphatic carboxylic acids is 3. The van der Waals surface area contributed by atoms with Crippen LogP contribution in [0.25, 0.3) is 0 Å². The van der Waals surface area contributed by atoms with E-state index in [-0.39, 0.29) is 65.8 Å². The van der Waals surface area contributed by atoms with E-state index in [1.807, 2.05) is 0 Å². The Kier molecular flexibility index (Phi) is 17.2. The molecule has 2 aliphatic heterocycles. The van der Waals surface area contributed by atoms with E-state index in [0.717, 1.165) is 52.3 Å². The van der Waals surface area contributed by atoms with Crippen LogP contribution in [-0.4, -0.2) is 162 Å². The van der Waals surface area contributed by atoms with Gasteiger partial charge in [0.05, 0.1) is 80.9 Å². The van der Waals surface area contributed by atoms with E-state index in [1.165, 1.54) is 32.5 Å². The van der Waals surface area contributed by atoms with E-state index >= 15 is 9.59 Å². The van der Waals surface area contributed by atoms with Crippen molar-refractivity contribution in [2.24, 2.45) is 61.8 Å². The van der Waals surface area contributed by atoms with E-state index < -0.39 is 107 Å². The van der Waals surface area contributed by atoms with Gasteiger partial charge in [-0.05, 0) is 38.0 Å². The van der Waals surface area contributed by atoms with E-state index in [9.17, 15) is 49.8 Å². The smallest absolute Gasteiger partial charge is 0.353 e. The quantitative estimate of drug-likeness (QED) is 0.0375. The van der Waals surface area contributed by atoms with Gasteiger partial charge in [0.2, 0.25) is 5.91 Å². The van der Waals surface area contributed by atoms with Crippen LogP contribution < -0.4 is 17.2 Å². The summed E-state index contributed by atoms with van der Waals surface area (Å²) in [5.41, 5.74) is 15.0. The number of nitrogens with zero attached hydrogens (tertiary/aromatic N) is 5. The van der Waals surface area contributed by atoms with Crippen molar-refractivity contribution in [1.82, 2.24) is 9.80 Å². The first-order valence-electron chi connectivity index (χ1n) is 19.1. The van der Waals surface area contributed by atoms with Crippen molar-refractivity contribution in [3.8, 4) is 0 Å². The number of carbonyl (C=O) groups is 6. The average molecular weight is 897 g/mol. The predicted molar refractivity (Wildman–Crippen MR) is 227 cm³/mol. The highest BCUT2D eigenvalue weighted by molar-refractivity contribution is 8.03. The maximum absolute atomic E-state index is 15.2. The van der Waals surface area contributed by atoms with E-state index in [1.54, 1.807) is 0 Å². The average Bonchev–Trinajstić information content (AvgIpc) is 3.83. The standard InChI is InChI=1S/C37H52N8O12S3/c1-16(46)25-19-10-22(58-7-4-41-13-38)29(28(19)32(25)49)34(51)44-20(11-23(30(44)36(54)55)59-8-5-42-14-39)26(17(2)47)33(50)45-21(27(18(3)48)35(52)53)12-24(31(45)37(56)57)60-9-6-43-15-40/h13-21,25-28,46-48H,4-12H2,1-3H3,(H2,38,41)(H2,39,42)(H2,40,43)(H,52,53)(H,54,55)(H,56,57). The number of carboxylic acid groups (broad SMARTS) is 3. The number of rotatable bonds is 22. The van der Waals surface area contributed by atoms with Gasteiger partial charge in [-0.25, -0.2) is 9.59 Å². The zero-order valence-electron chi connectivity index (χ0n) is 33.2. The molecule has 0 aromatic rings. The number of aliphatic hydroxyl groups excluding tert-OH is 3. The second kappa shape index (κ2) is 21.4. The molecule has 0 radical (unpaired) electrons. The fourth-order valence-corrected chi connectivity index (χ4v) is 11.8. The molecule has 0 spiro atoms. The van der Waals surface area contributed by atoms with Crippen LogP contribution in [0.5, 0.6) is 0 Å². The summed E-state index contributed by atoms with van der Waals surface area (Å²) in [5.74, 6) is -12.3. The van der Waals surface area contributed by atoms with Gasteiger partial charge in [0.15, 0.2) is 0 Å². The lowest BCUT2D eigenvalue weighted by Crippen LogP contribution is -2.57. The van der Waals surface area contributed by atoms with Crippen LogP contribution in [0.15, 0.2) is 46.7 Å². The Balaban J connectivity index is 1.93. The van der Waals surface area contributed by atoms with Crippen LogP contribution in [0.2, 0.25) is 0 Å². The number of carboxylic acids is 3. The third-order valence-electron chi connectivity index (χ3n) is 10.9. The number of fused-ring (bicyclic) bond motifs is 1. The summed E-state index contributed by atoms with van der Waals surface area (Å²) < 4.78 is 0. The van der Waals surface area contributed by atoms with Crippen molar-refractivity contribution in [2.75, 3.05) is 36.9 Å². The predicted octanol–water partition coefficient (Wildman–Crippen LogP) is -0.510. The molecule has 10 unspecified atom stereocenters. The lowest BCUT2D eigenvalue weighted by atomic mass is 9.61. The number of allylic oxidation sites excluding steroid dienone is 1. The summed E-state index contributed by atoms with van der Waals surface area (Å²) in [6.07, 6.45) is -1.54. The van der Waals surface area contributed by atoms with Crippen LogP contribution in [-0.2, 0) is 28.8 Å². The number of aliphatic hydroxyl groups is 3. The maximum Gasteiger partial charge on any atom is 0.353 e. The van der Waals surface area contributed by atoms with Crippen LogP contribution >= 0.6 is 35.3 Å². The summed E-state index contributed by atoms with van der Waals surface area (Å²) >= 11 is 3.22. The number of amides is 2. The van der Waals surface area contributed by atoms with Crippen molar-refractivity contribution in [1.29, 1.82) is 0 Å². The molecular formula is C37H52N8O12S3. The van der Waals surface area contributed by atoms with Crippen LogP contribution in [0, 0.1) is 29.6 Å². The molecule has 10 atom stereocenters. The minimum absolute atomic E-state index is 0.0211. The number of ketones is 1. The molecule has 23 heteroatoms. The highest BCUT2D eigenvalue weighted by Gasteiger charge is 2.61. The fourth-order valence-electron chi connectivity index (χ4n) is 8.52. The molecule has 1 fully saturated rings. The van der Waals surface area contributed by atoms with Gasteiger partial charge in [0.1, 0.15) is 23.1 Å². The molecule has 4 rings (SSSR count). The normalized spacial score (nSPS) is 25.7. The molecule has 0 bridgehead atoms. The molecule has 4 aliphatic rings. The molecule has 0 aromatic carbocycles. The minimum Gasteiger partial charge on any atom is -0.481 e. The Morgan fingerprint density at radius 1 is 0.700 bits per heavy atom. The lowest BCUT2D eigenvalue weighted by Gasteiger charge is -2.43. The summed E-state index contributed by atoms with van der Waals surface area (Å²) in [5, 5.41) is 64.4. The molecule has 0 saturated heterocycles. The summed E-state index contributed by atoms with van der Waals surface area (Å²) in [6.45, 7) is 4.38. The van der Waals surface area contributed by atoms with Gasteiger partial charge in [-0.1, -0.05) is 0 Å². The molecule has 0 aromatic heterocycles. The topological polar surface area (TPSA) is 345 Å². The van der Waals surface area contributed by atoms with Crippen LogP contribution in [0.1, 0.15) is 40.0 Å². The largest absolute Gasteiger partial charge is 0.481 e. The molecule has 1 saturated carbocycles. The molecule has 12 N–H and O–H groups in total. The Bertz CT molecular complexity index is 1880. The Morgan fingerprint density at radius 2 is 1.13 bits per heavy atom. The van der Waals surface area contributed by atoms with E-state index in [0.29, 0.717) is 10.7 Å². The molecule has 2 amide bonds. The fraction of sp³-hybridized carbons (Fsp3) is 0.595.